The number of hydrogen-bond donors (Lipinski definition) is 0. The van der Waals surface area contributed by atoms with E-state index in [9.17, 15) is 4.79 Å². The standard InChI is InChI=1S/C25H33N3O2/c1-20-16-26(12-13-27(20)14-15-30-2)19-25(29)28-17-22-10-6-7-11-23(22)24(18-28)21-8-4-3-5-9-21/h3-11,20,24H,12-19H2,1-2H3. The summed E-state index contributed by atoms with van der Waals surface area (Å²) in [5.74, 6) is 0.480. The van der Waals surface area contributed by atoms with Crippen molar-refractivity contribution in [1.29, 1.82) is 0 Å². The summed E-state index contributed by atoms with van der Waals surface area (Å²) in [6, 6.07) is 19.6. The van der Waals surface area contributed by atoms with Crippen LogP contribution < -0.4 is 0 Å². The zero-order valence-corrected chi connectivity index (χ0v) is 18.2. The van der Waals surface area contributed by atoms with E-state index in [1.165, 1.54) is 16.7 Å². The van der Waals surface area contributed by atoms with Gasteiger partial charge in [-0.05, 0) is 23.6 Å². The third-order valence-corrected chi connectivity index (χ3v) is 6.54. The zero-order chi connectivity index (χ0) is 20.9. The fraction of sp³-hybridized carbons (Fsp3) is 0.480. The summed E-state index contributed by atoms with van der Waals surface area (Å²) < 4.78 is 5.22. The number of methoxy groups -OCH3 is 1. The van der Waals surface area contributed by atoms with E-state index < -0.39 is 0 Å². The second kappa shape index (κ2) is 9.73. The molecule has 0 aromatic heterocycles. The number of amides is 1. The average Bonchev–Trinajstić information content (AvgIpc) is 2.78. The quantitative estimate of drug-likeness (QED) is 0.738. The molecule has 160 valence electrons. The Hall–Kier alpha value is -2.21. The van der Waals surface area contributed by atoms with Crippen molar-refractivity contribution in [3.05, 3.63) is 71.3 Å². The van der Waals surface area contributed by atoms with Crippen molar-refractivity contribution in [2.75, 3.05) is 53.0 Å². The van der Waals surface area contributed by atoms with E-state index in [1.54, 1.807) is 7.11 Å². The van der Waals surface area contributed by atoms with Crippen LogP contribution in [0.15, 0.2) is 54.6 Å². The van der Waals surface area contributed by atoms with Gasteiger partial charge in [-0.2, -0.15) is 0 Å². The predicted molar refractivity (Wildman–Crippen MR) is 119 cm³/mol. The SMILES string of the molecule is COCCN1CCN(CC(=O)N2Cc3ccccc3C(c3ccccc3)C2)CC1C. The molecule has 4 rings (SSSR count). The van der Waals surface area contributed by atoms with E-state index in [0.717, 1.165) is 39.3 Å². The normalized spacial score (nSPS) is 22.7. The maximum atomic E-state index is 13.3. The maximum Gasteiger partial charge on any atom is 0.237 e. The lowest BCUT2D eigenvalue weighted by atomic mass is 9.84. The summed E-state index contributed by atoms with van der Waals surface area (Å²) in [7, 11) is 1.75. The van der Waals surface area contributed by atoms with Crippen molar-refractivity contribution >= 4 is 5.91 Å². The minimum atomic E-state index is 0.239. The van der Waals surface area contributed by atoms with Crippen molar-refractivity contribution in [2.24, 2.45) is 0 Å². The molecule has 0 N–H and O–H groups in total. The highest BCUT2D eigenvalue weighted by Gasteiger charge is 2.31. The van der Waals surface area contributed by atoms with Gasteiger partial charge < -0.3 is 9.64 Å². The van der Waals surface area contributed by atoms with Crippen LogP contribution in [0.3, 0.4) is 0 Å². The van der Waals surface area contributed by atoms with Crippen LogP contribution in [0, 0.1) is 0 Å². The Bertz CT molecular complexity index is 841. The van der Waals surface area contributed by atoms with Gasteiger partial charge in [-0.15, -0.1) is 0 Å². The number of piperazine rings is 1. The summed E-state index contributed by atoms with van der Waals surface area (Å²) in [4.78, 5) is 20.1. The summed E-state index contributed by atoms with van der Waals surface area (Å²) in [6.45, 7) is 8.80. The van der Waals surface area contributed by atoms with Crippen molar-refractivity contribution in [3.63, 3.8) is 0 Å². The van der Waals surface area contributed by atoms with Gasteiger partial charge in [0, 0.05) is 58.3 Å². The van der Waals surface area contributed by atoms with Crippen LogP contribution in [0.25, 0.3) is 0 Å². The average molecular weight is 408 g/mol. The molecule has 0 bridgehead atoms. The Morgan fingerprint density at radius 2 is 1.80 bits per heavy atom. The molecule has 2 heterocycles. The highest BCUT2D eigenvalue weighted by atomic mass is 16.5. The number of ether oxygens (including phenoxy) is 1. The van der Waals surface area contributed by atoms with Gasteiger partial charge in [0.05, 0.1) is 13.2 Å². The summed E-state index contributed by atoms with van der Waals surface area (Å²) >= 11 is 0. The number of carbonyl (C=O) groups is 1. The smallest absolute Gasteiger partial charge is 0.237 e. The van der Waals surface area contributed by atoms with E-state index in [2.05, 4.69) is 76.2 Å². The minimum Gasteiger partial charge on any atom is -0.383 e. The van der Waals surface area contributed by atoms with Gasteiger partial charge in [-0.25, -0.2) is 0 Å². The Kier molecular flexibility index (Phi) is 6.82. The van der Waals surface area contributed by atoms with Gasteiger partial charge in [0.15, 0.2) is 0 Å². The maximum absolute atomic E-state index is 13.3. The second-order valence-corrected chi connectivity index (χ2v) is 8.55. The summed E-state index contributed by atoms with van der Waals surface area (Å²) in [5.41, 5.74) is 3.90. The number of rotatable bonds is 6. The molecule has 2 aliphatic heterocycles. The monoisotopic (exact) mass is 407 g/mol. The zero-order valence-electron chi connectivity index (χ0n) is 18.2. The lowest BCUT2D eigenvalue weighted by molar-refractivity contribution is -0.134. The fourth-order valence-corrected chi connectivity index (χ4v) is 4.81. The first-order chi connectivity index (χ1) is 14.7. The molecule has 0 aliphatic carbocycles. The summed E-state index contributed by atoms with van der Waals surface area (Å²) in [5, 5.41) is 0. The van der Waals surface area contributed by atoms with Crippen LogP contribution in [0.2, 0.25) is 0 Å². The van der Waals surface area contributed by atoms with Gasteiger partial charge in [-0.3, -0.25) is 14.6 Å². The molecule has 2 atom stereocenters. The van der Waals surface area contributed by atoms with Crippen molar-refractivity contribution in [2.45, 2.75) is 25.4 Å². The van der Waals surface area contributed by atoms with Gasteiger partial charge >= 0.3 is 0 Å². The van der Waals surface area contributed by atoms with Crippen molar-refractivity contribution in [1.82, 2.24) is 14.7 Å². The molecule has 2 aromatic carbocycles. The molecular weight excluding hydrogens is 374 g/mol. The molecular formula is C25H33N3O2. The lowest BCUT2D eigenvalue weighted by Gasteiger charge is -2.41. The number of carbonyl (C=O) groups excluding carboxylic acids is 1. The number of nitrogens with zero attached hydrogens (tertiary/aromatic N) is 3. The van der Waals surface area contributed by atoms with Crippen molar-refractivity contribution in [3.8, 4) is 0 Å². The van der Waals surface area contributed by atoms with E-state index in [1.807, 2.05) is 0 Å². The van der Waals surface area contributed by atoms with Crippen LogP contribution in [-0.2, 0) is 16.1 Å². The molecule has 0 saturated carbocycles. The fourth-order valence-electron chi connectivity index (χ4n) is 4.81. The van der Waals surface area contributed by atoms with Crippen LogP contribution in [0.1, 0.15) is 29.5 Å². The highest BCUT2D eigenvalue weighted by Crippen LogP contribution is 2.33. The first-order valence-corrected chi connectivity index (χ1v) is 11.0. The Morgan fingerprint density at radius 1 is 1.03 bits per heavy atom. The largest absolute Gasteiger partial charge is 0.383 e. The molecule has 1 fully saturated rings. The molecule has 2 aromatic rings. The first kappa shape index (κ1) is 21.0. The van der Waals surface area contributed by atoms with E-state index in [0.29, 0.717) is 19.1 Å². The first-order valence-electron chi connectivity index (χ1n) is 11.0. The van der Waals surface area contributed by atoms with Gasteiger partial charge in [0.1, 0.15) is 0 Å². The van der Waals surface area contributed by atoms with Crippen LogP contribution in [-0.4, -0.2) is 79.6 Å². The van der Waals surface area contributed by atoms with Crippen LogP contribution in [0.4, 0.5) is 0 Å². The molecule has 5 heteroatoms. The van der Waals surface area contributed by atoms with Crippen LogP contribution in [0.5, 0.6) is 0 Å². The van der Waals surface area contributed by atoms with Gasteiger partial charge in [0.25, 0.3) is 0 Å². The number of benzene rings is 2. The Balaban J connectivity index is 1.42. The van der Waals surface area contributed by atoms with E-state index >= 15 is 0 Å². The molecule has 30 heavy (non-hydrogen) atoms. The minimum absolute atomic E-state index is 0.239. The van der Waals surface area contributed by atoms with Gasteiger partial charge in [0.2, 0.25) is 5.91 Å². The summed E-state index contributed by atoms with van der Waals surface area (Å²) in [6.07, 6.45) is 0. The number of fused-ring (bicyclic) bond motifs is 1. The molecule has 0 radical (unpaired) electrons. The molecule has 5 nitrogen and oxygen atoms in total. The molecule has 0 spiro atoms. The predicted octanol–water partition coefficient (Wildman–Crippen LogP) is 2.81. The molecule has 2 unspecified atom stereocenters. The Labute approximate surface area is 180 Å². The lowest BCUT2D eigenvalue weighted by Crippen LogP contribution is -2.55. The highest BCUT2D eigenvalue weighted by molar-refractivity contribution is 5.79. The van der Waals surface area contributed by atoms with Gasteiger partial charge in [-0.1, -0.05) is 54.6 Å². The molecule has 1 saturated heterocycles. The van der Waals surface area contributed by atoms with Crippen LogP contribution >= 0.6 is 0 Å². The number of hydrogen-bond acceptors (Lipinski definition) is 4. The van der Waals surface area contributed by atoms with E-state index in [-0.39, 0.29) is 11.8 Å². The molecule has 2 aliphatic rings. The second-order valence-electron chi connectivity index (χ2n) is 8.55. The van der Waals surface area contributed by atoms with E-state index in [4.69, 9.17) is 4.74 Å². The Morgan fingerprint density at radius 3 is 2.57 bits per heavy atom. The third kappa shape index (κ3) is 4.75. The van der Waals surface area contributed by atoms with Crippen molar-refractivity contribution < 1.29 is 9.53 Å². The topological polar surface area (TPSA) is 36.0 Å². The third-order valence-electron chi connectivity index (χ3n) is 6.54. The molecule has 1 amide bonds.